The first-order valence-electron chi connectivity index (χ1n) is 11.5. The molecule has 0 spiro atoms. The van der Waals surface area contributed by atoms with Crippen LogP contribution in [0.3, 0.4) is 0 Å². The third-order valence-electron chi connectivity index (χ3n) is 6.37. The number of hydrogen-bond acceptors (Lipinski definition) is 4. The molecule has 0 saturated heterocycles. The predicted octanol–water partition coefficient (Wildman–Crippen LogP) is 7.57. The summed E-state index contributed by atoms with van der Waals surface area (Å²) < 4.78 is 0.341. The number of aromatic nitrogens is 3. The molecule has 1 aromatic heterocycles. The molecular formula is C27H19Cl5N4O2. The number of Topliss-reactive ketones (excluding diaryl/α,β-unsaturated/α-hetero) is 1. The minimum absolute atomic E-state index is 0.145. The topological polar surface area (TPSA) is 76.9 Å². The number of aryl methyl sites for hydroxylation is 1. The molecule has 1 aliphatic carbocycles. The van der Waals surface area contributed by atoms with Crippen molar-refractivity contribution >= 4 is 75.4 Å². The standard InChI is InChI=1S/C27H19Cl5N4O2/c28-17-9-16(10-18(29)11-17)24-25(27(24,31)32)26(38)35-19-4-7-22(30)21(12-19)23(37)8-3-15-1-5-20(6-2-15)36-14-33-13-34-36/h1-2,4-7,9-14,24-25H,3,8H2,(H,35,38). The minimum atomic E-state index is -1.31. The summed E-state index contributed by atoms with van der Waals surface area (Å²) in [6.07, 6.45) is 3.85. The lowest BCUT2D eigenvalue weighted by molar-refractivity contribution is -0.117. The first-order valence-corrected chi connectivity index (χ1v) is 13.4. The average Bonchev–Trinajstić information content (AvgIpc) is 3.18. The average molecular weight is 609 g/mol. The van der Waals surface area contributed by atoms with Crippen LogP contribution in [0.4, 0.5) is 5.69 Å². The summed E-state index contributed by atoms with van der Waals surface area (Å²) in [6, 6.07) is 17.4. The molecule has 0 bridgehead atoms. The highest BCUT2D eigenvalue weighted by atomic mass is 35.5. The van der Waals surface area contributed by atoms with Crippen molar-refractivity contribution < 1.29 is 9.59 Å². The fourth-order valence-corrected chi connectivity index (χ4v) is 6.00. The van der Waals surface area contributed by atoms with Crippen LogP contribution in [-0.2, 0) is 11.2 Å². The van der Waals surface area contributed by atoms with Crippen LogP contribution in [0.5, 0.6) is 0 Å². The summed E-state index contributed by atoms with van der Waals surface area (Å²) in [5.74, 6) is -1.74. The molecule has 1 N–H and O–H groups in total. The van der Waals surface area contributed by atoms with E-state index in [-0.39, 0.29) is 18.1 Å². The Morgan fingerprint density at radius 2 is 1.66 bits per heavy atom. The van der Waals surface area contributed by atoms with E-state index in [1.807, 2.05) is 24.3 Å². The van der Waals surface area contributed by atoms with Crippen LogP contribution >= 0.6 is 58.0 Å². The number of hydrogen-bond donors (Lipinski definition) is 1. The number of anilines is 1. The highest BCUT2D eigenvalue weighted by Crippen LogP contribution is 2.65. The molecule has 6 nitrogen and oxygen atoms in total. The second-order valence-corrected chi connectivity index (χ2v) is 11.7. The molecule has 4 aromatic rings. The van der Waals surface area contributed by atoms with Crippen molar-refractivity contribution in [3.8, 4) is 5.69 Å². The highest BCUT2D eigenvalue weighted by molar-refractivity contribution is 6.53. The quantitative estimate of drug-likeness (QED) is 0.165. The molecule has 1 heterocycles. The molecule has 5 rings (SSSR count). The second-order valence-electron chi connectivity index (χ2n) is 8.95. The summed E-state index contributed by atoms with van der Waals surface area (Å²) in [5.41, 5.74) is 3.27. The van der Waals surface area contributed by atoms with E-state index in [0.717, 1.165) is 11.3 Å². The van der Waals surface area contributed by atoms with Gasteiger partial charge in [0, 0.05) is 33.6 Å². The van der Waals surface area contributed by atoms with Crippen molar-refractivity contribution in [3.63, 3.8) is 0 Å². The van der Waals surface area contributed by atoms with Crippen molar-refractivity contribution in [1.82, 2.24) is 14.8 Å². The maximum atomic E-state index is 13.1. The van der Waals surface area contributed by atoms with E-state index in [1.54, 1.807) is 47.4 Å². The fraction of sp³-hybridized carbons (Fsp3) is 0.185. The molecule has 2 atom stereocenters. The number of carbonyl (C=O) groups excluding carboxylic acids is 2. The number of rotatable bonds is 8. The van der Waals surface area contributed by atoms with E-state index in [0.29, 0.717) is 38.3 Å². The van der Waals surface area contributed by atoms with Gasteiger partial charge < -0.3 is 5.32 Å². The van der Waals surface area contributed by atoms with Gasteiger partial charge in [-0.25, -0.2) is 9.67 Å². The fourth-order valence-electron chi connectivity index (χ4n) is 4.41. The second kappa shape index (κ2) is 10.9. The van der Waals surface area contributed by atoms with Gasteiger partial charge >= 0.3 is 0 Å². The van der Waals surface area contributed by atoms with Gasteiger partial charge in [-0.3, -0.25) is 9.59 Å². The largest absolute Gasteiger partial charge is 0.326 e. The molecule has 3 aromatic carbocycles. The zero-order chi connectivity index (χ0) is 27.0. The van der Waals surface area contributed by atoms with E-state index >= 15 is 0 Å². The number of carbonyl (C=O) groups is 2. The van der Waals surface area contributed by atoms with E-state index in [2.05, 4.69) is 15.4 Å². The van der Waals surface area contributed by atoms with E-state index < -0.39 is 16.2 Å². The maximum Gasteiger partial charge on any atom is 0.231 e. The van der Waals surface area contributed by atoms with Gasteiger partial charge in [0.2, 0.25) is 5.91 Å². The van der Waals surface area contributed by atoms with E-state index in [4.69, 9.17) is 58.0 Å². The number of halogens is 5. The van der Waals surface area contributed by atoms with Crippen molar-refractivity contribution in [2.24, 2.45) is 5.92 Å². The Kier molecular flexibility index (Phi) is 7.72. The number of alkyl halides is 2. The number of ketones is 1. The summed E-state index contributed by atoms with van der Waals surface area (Å²) in [6.45, 7) is 0. The van der Waals surface area contributed by atoms with Gasteiger partial charge in [0.1, 0.15) is 17.0 Å². The molecule has 0 aliphatic heterocycles. The predicted molar refractivity (Wildman–Crippen MR) is 151 cm³/mol. The third kappa shape index (κ3) is 5.70. The third-order valence-corrected chi connectivity index (χ3v) is 8.08. The monoisotopic (exact) mass is 606 g/mol. The van der Waals surface area contributed by atoms with E-state index in [1.165, 1.54) is 6.33 Å². The van der Waals surface area contributed by atoms with Gasteiger partial charge in [0.25, 0.3) is 0 Å². The first kappa shape index (κ1) is 27.0. The van der Waals surface area contributed by atoms with Crippen LogP contribution in [0.2, 0.25) is 15.1 Å². The zero-order valence-electron chi connectivity index (χ0n) is 19.5. The van der Waals surface area contributed by atoms with Crippen LogP contribution in [-0.4, -0.2) is 30.8 Å². The highest BCUT2D eigenvalue weighted by Gasteiger charge is 2.67. The summed E-state index contributed by atoms with van der Waals surface area (Å²) in [7, 11) is 0. The number of nitrogens with zero attached hydrogens (tertiary/aromatic N) is 3. The Morgan fingerprint density at radius 3 is 2.32 bits per heavy atom. The normalized spacial score (nSPS) is 17.7. The van der Waals surface area contributed by atoms with Crippen molar-refractivity contribution in [2.75, 3.05) is 5.32 Å². The molecule has 194 valence electrons. The van der Waals surface area contributed by atoms with Crippen LogP contribution in [0.1, 0.15) is 33.8 Å². The van der Waals surface area contributed by atoms with E-state index in [9.17, 15) is 9.59 Å². The SMILES string of the molecule is O=C(CCc1ccc(-n2cncn2)cc1)c1cc(NC(=O)C2C(c3cc(Cl)cc(Cl)c3)C2(Cl)Cl)ccc1Cl. The summed E-state index contributed by atoms with van der Waals surface area (Å²) in [4.78, 5) is 30.0. The molecule has 2 unspecified atom stereocenters. The lowest BCUT2D eigenvalue weighted by atomic mass is 10.0. The summed E-state index contributed by atoms with van der Waals surface area (Å²) >= 11 is 31.4. The van der Waals surface area contributed by atoms with Gasteiger partial charge in [-0.15, -0.1) is 23.2 Å². The van der Waals surface area contributed by atoms with Gasteiger partial charge in [-0.05, 0) is 66.1 Å². The first-order chi connectivity index (χ1) is 18.1. The van der Waals surface area contributed by atoms with Crippen molar-refractivity contribution in [3.05, 3.63) is 105 Å². The smallest absolute Gasteiger partial charge is 0.231 e. The zero-order valence-corrected chi connectivity index (χ0v) is 23.3. The maximum absolute atomic E-state index is 13.1. The van der Waals surface area contributed by atoms with Gasteiger partial charge in [-0.1, -0.05) is 46.9 Å². The Bertz CT molecular complexity index is 1490. The van der Waals surface area contributed by atoms with Crippen LogP contribution in [0.15, 0.2) is 73.3 Å². The number of nitrogens with one attached hydrogen (secondary N) is 1. The molecule has 1 saturated carbocycles. The Labute approximate surface area is 243 Å². The Hall–Kier alpha value is -2.61. The molecule has 0 radical (unpaired) electrons. The van der Waals surface area contributed by atoms with Gasteiger partial charge in [0.15, 0.2) is 5.78 Å². The van der Waals surface area contributed by atoms with Gasteiger partial charge in [0.05, 0.1) is 16.6 Å². The lowest BCUT2D eigenvalue weighted by Crippen LogP contribution is -2.17. The van der Waals surface area contributed by atoms with Crippen LogP contribution in [0, 0.1) is 5.92 Å². The Morgan fingerprint density at radius 1 is 0.947 bits per heavy atom. The Balaban J connectivity index is 1.24. The summed E-state index contributed by atoms with van der Waals surface area (Å²) in [5, 5.41) is 8.06. The van der Waals surface area contributed by atoms with Crippen LogP contribution in [0.25, 0.3) is 5.69 Å². The molecule has 1 fully saturated rings. The van der Waals surface area contributed by atoms with Gasteiger partial charge in [-0.2, -0.15) is 5.10 Å². The van der Waals surface area contributed by atoms with Crippen molar-refractivity contribution in [2.45, 2.75) is 23.1 Å². The van der Waals surface area contributed by atoms with Crippen LogP contribution < -0.4 is 5.32 Å². The number of amides is 1. The molecule has 1 amide bonds. The molecule has 11 heteroatoms. The molecular weight excluding hydrogens is 590 g/mol. The number of benzene rings is 3. The van der Waals surface area contributed by atoms with Crippen molar-refractivity contribution in [1.29, 1.82) is 0 Å². The molecule has 1 aliphatic rings. The minimum Gasteiger partial charge on any atom is -0.326 e. The lowest BCUT2D eigenvalue weighted by Gasteiger charge is -2.10. The molecule has 38 heavy (non-hydrogen) atoms.